The third-order valence-corrected chi connectivity index (χ3v) is 2.82. The van der Waals surface area contributed by atoms with Crippen LogP contribution in [-0.2, 0) is 37.5 Å². The predicted molar refractivity (Wildman–Crippen MR) is 71.5 cm³/mol. The first-order chi connectivity index (χ1) is 7.31. The minimum atomic E-state index is 0. The third-order valence-electron chi connectivity index (χ3n) is 1.71. The maximum Gasteiger partial charge on any atom is 0.0734 e. The Hall–Kier alpha value is -0.316. The number of rotatable bonds is 2. The Balaban J connectivity index is 0. The SMILES string of the molecule is CC.CN([C-]=O)c1nc2ccccc2s1.[CH3-].[Y]. The number of carbonyl (C=O) groups excluding carboxylic acids is 1. The van der Waals surface area contributed by atoms with E-state index in [-0.39, 0.29) is 40.1 Å². The molecule has 2 aromatic rings. The molecular formula is C12H16N2OSY-2. The topological polar surface area (TPSA) is 33.2 Å². The van der Waals surface area contributed by atoms with E-state index in [0.29, 0.717) is 5.13 Å². The van der Waals surface area contributed by atoms with Crippen LogP contribution in [0.3, 0.4) is 0 Å². The first-order valence-electron chi connectivity index (χ1n) is 4.78. The summed E-state index contributed by atoms with van der Waals surface area (Å²) >= 11 is 1.48. The number of thiazole rings is 1. The van der Waals surface area contributed by atoms with Crippen LogP contribution in [0.2, 0.25) is 0 Å². The minimum Gasteiger partial charge on any atom is -0.456 e. The van der Waals surface area contributed by atoms with E-state index >= 15 is 0 Å². The van der Waals surface area contributed by atoms with Crippen molar-refractivity contribution in [1.82, 2.24) is 4.98 Å². The van der Waals surface area contributed by atoms with Gasteiger partial charge in [-0.2, -0.15) is 11.3 Å². The van der Waals surface area contributed by atoms with Crippen molar-refractivity contribution in [2.45, 2.75) is 13.8 Å². The van der Waals surface area contributed by atoms with E-state index in [1.165, 1.54) is 16.2 Å². The molecule has 5 heteroatoms. The van der Waals surface area contributed by atoms with Gasteiger partial charge in [0.2, 0.25) is 0 Å². The van der Waals surface area contributed by atoms with Gasteiger partial charge in [-0.15, -0.1) is 0 Å². The van der Waals surface area contributed by atoms with Crippen LogP contribution in [-0.4, -0.2) is 18.4 Å². The summed E-state index contributed by atoms with van der Waals surface area (Å²) in [6.45, 7) is 4.00. The maximum absolute atomic E-state index is 10.3. The molecule has 0 aliphatic rings. The summed E-state index contributed by atoms with van der Waals surface area (Å²) in [4.78, 5) is 16.0. The number of nitrogens with zero attached hydrogens (tertiary/aromatic N) is 2. The van der Waals surface area contributed by atoms with Crippen molar-refractivity contribution in [3.63, 3.8) is 0 Å². The first-order valence-corrected chi connectivity index (χ1v) is 5.60. The molecule has 17 heavy (non-hydrogen) atoms. The average molecular weight is 325 g/mol. The first kappa shape index (κ1) is 19.0. The fraction of sp³-hybridized carbons (Fsp3) is 0.250. The number of para-hydroxylation sites is 1. The minimum absolute atomic E-state index is 0. The van der Waals surface area contributed by atoms with Gasteiger partial charge in [0.25, 0.3) is 0 Å². The Kier molecular flexibility index (Phi) is 10.8. The van der Waals surface area contributed by atoms with E-state index in [1.54, 1.807) is 13.5 Å². The van der Waals surface area contributed by atoms with Crippen molar-refractivity contribution in [2.24, 2.45) is 0 Å². The molecule has 0 unspecified atom stereocenters. The summed E-state index contributed by atoms with van der Waals surface area (Å²) in [5.41, 5.74) is 0.921. The standard InChI is InChI=1S/C9H7N2OS.C2H6.CH3.Y/c1-11(6-12)9-10-7-4-2-3-5-8(7)13-9;1-2;;/h2-5H,1H3;1-2H3;1H3;/q-1;;-1;. The molecule has 1 radical (unpaired) electrons. The Morgan fingerprint density at radius 2 is 1.88 bits per heavy atom. The molecule has 0 bridgehead atoms. The van der Waals surface area contributed by atoms with E-state index in [9.17, 15) is 4.79 Å². The summed E-state index contributed by atoms with van der Waals surface area (Å²) in [5, 5.41) is 0.677. The number of amides is 1. The quantitative estimate of drug-likeness (QED) is 0.627. The molecular weight excluding hydrogens is 309 g/mol. The van der Waals surface area contributed by atoms with Crippen molar-refractivity contribution in [3.8, 4) is 0 Å². The second-order valence-corrected chi connectivity index (χ2v) is 3.62. The number of hydrogen-bond acceptors (Lipinski definition) is 3. The van der Waals surface area contributed by atoms with E-state index in [1.807, 2.05) is 38.1 Å². The van der Waals surface area contributed by atoms with Crippen LogP contribution in [0.25, 0.3) is 10.2 Å². The van der Waals surface area contributed by atoms with Crippen molar-refractivity contribution >= 4 is 33.1 Å². The van der Waals surface area contributed by atoms with Crippen molar-refractivity contribution < 1.29 is 37.5 Å². The fourth-order valence-electron chi connectivity index (χ4n) is 1.04. The van der Waals surface area contributed by atoms with Gasteiger partial charge in [-0.25, -0.2) is 0 Å². The van der Waals surface area contributed by atoms with Crippen LogP contribution >= 0.6 is 11.3 Å². The van der Waals surface area contributed by atoms with Gasteiger partial charge in [0, 0.05) is 42.5 Å². The van der Waals surface area contributed by atoms with Crippen LogP contribution in [0.1, 0.15) is 13.8 Å². The zero-order chi connectivity index (χ0) is 11.3. The number of benzene rings is 1. The maximum atomic E-state index is 10.3. The summed E-state index contributed by atoms with van der Waals surface area (Å²) in [6.07, 6.45) is 1.77. The second-order valence-electron chi connectivity index (χ2n) is 2.61. The Morgan fingerprint density at radius 1 is 1.29 bits per heavy atom. The molecule has 0 fully saturated rings. The molecule has 0 saturated heterocycles. The zero-order valence-electron chi connectivity index (χ0n) is 10.6. The zero-order valence-corrected chi connectivity index (χ0v) is 14.3. The predicted octanol–water partition coefficient (Wildman–Crippen LogP) is 3.27. The summed E-state index contributed by atoms with van der Waals surface area (Å²) in [7, 11) is 1.64. The van der Waals surface area contributed by atoms with Gasteiger partial charge in [-0.1, -0.05) is 26.0 Å². The molecule has 0 N–H and O–H groups in total. The van der Waals surface area contributed by atoms with Gasteiger partial charge < -0.3 is 22.1 Å². The summed E-state index contributed by atoms with van der Waals surface area (Å²) < 4.78 is 1.08. The van der Waals surface area contributed by atoms with Crippen LogP contribution in [0.15, 0.2) is 24.3 Å². The van der Waals surface area contributed by atoms with Crippen molar-refractivity contribution in [2.75, 3.05) is 11.9 Å². The smallest absolute Gasteiger partial charge is 0.0734 e. The van der Waals surface area contributed by atoms with Crippen molar-refractivity contribution in [3.05, 3.63) is 31.7 Å². The van der Waals surface area contributed by atoms with Crippen LogP contribution < -0.4 is 4.90 Å². The number of fused-ring (bicyclic) bond motifs is 1. The number of hydrogen-bond donors (Lipinski definition) is 0. The molecule has 1 aromatic heterocycles. The molecule has 0 aliphatic carbocycles. The van der Waals surface area contributed by atoms with E-state index < -0.39 is 0 Å². The monoisotopic (exact) mass is 325 g/mol. The number of anilines is 1. The van der Waals surface area contributed by atoms with Gasteiger partial charge in [0.15, 0.2) is 0 Å². The van der Waals surface area contributed by atoms with Crippen LogP contribution in [0.5, 0.6) is 0 Å². The normalized spacial score (nSPS) is 8.18. The molecule has 0 aliphatic heterocycles. The van der Waals surface area contributed by atoms with Gasteiger partial charge in [0.05, 0.1) is 11.9 Å². The molecule has 3 nitrogen and oxygen atoms in total. The Labute approximate surface area is 132 Å². The molecule has 91 valence electrons. The Morgan fingerprint density at radius 3 is 2.41 bits per heavy atom. The van der Waals surface area contributed by atoms with Crippen molar-refractivity contribution in [1.29, 1.82) is 0 Å². The summed E-state index contributed by atoms with van der Waals surface area (Å²) in [6, 6.07) is 7.79. The van der Waals surface area contributed by atoms with Crippen LogP contribution in [0.4, 0.5) is 5.13 Å². The second kappa shape index (κ2) is 9.69. The van der Waals surface area contributed by atoms with E-state index in [2.05, 4.69) is 4.98 Å². The molecule has 1 aromatic carbocycles. The average Bonchev–Trinajstić information content (AvgIpc) is 2.74. The number of aromatic nitrogens is 1. The van der Waals surface area contributed by atoms with E-state index in [4.69, 9.17) is 0 Å². The molecule has 0 atom stereocenters. The summed E-state index contributed by atoms with van der Waals surface area (Å²) in [5.74, 6) is 0. The molecule has 0 saturated carbocycles. The Bertz CT molecular complexity index is 412. The molecule has 2 rings (SSSR count). The van der Waals surface area contributed by atoms with Gasteiger partial charge in [-0.3, -0.25) is 0 Å². The third kappa shape index (κ3) is 4.82. The van der Waals surface area contributed by atoms with Gasteiger partial charge in [0.1, 0.15) is 0 Å². The molecule has 1 amide bonds. The van der Waals surface area contributed by atoms with Gasteiger partial charge >= 0.3 is 0 Å². The molecule has 0 spiro atoms. The fourth-order valence-corrected chi connectivity index (χ4v) is 1.92. The van der Waals surface area contributed by atoms with E-state index in [0.717, 1.165) is 10.2 Å². The van der Waals surface area contributed by atoms with Gasteiger partial charge in [-0.05, 0) is 19.2 Å². The largest absolute Gasteiger partial charge is 0.456 e. The van der Waals surface area contributed by atoms with Crippen LogP contribution in [0, 0.1) is 7.43 Å². The molecule has 1 heterocycles.